The summed E-state index contributed by atoms with van der Waals surface area (Å²) < 4.78 is 22.0. The van der Waals surface area contributed by atoms with Crippen molar-refractivity contribution >= 4 is 22.5 Å². The lowest BCUT2D eigenvalue weighted by Crippen LogP contribution is -2.12. The van der Waals surface area contributed by atoms with Crippen LogP contribution in [-0.2, 0) is 22.1 Å². The van der Waals surface area contributed by atoms with Gasteiger partial charge < -0.3 is 9.47 Å². The lowest BCUT2D eigenvalue weighted by atomic mass is 10.2. The topological polar surface area (TPSA) is 122 Å². The highest BCUT2D eigenvalue weighted by molar-refractivity contribution is 7.84. The van der Waals surface area contributed by atoms with E-state index in [1.54, 1.807) is 6.92 Å². The lowest BCUT2D eigenvalue weighted by molar-refractivity contribution is -0.384. The Morgan fingerprint density at radius 3 is 2.56 bits per heavy atom. The van der Waals surface area contributed by atoms with Gasteiger partial charge in [0, 0.05) is 18.4 Å². The summed E-state index contributed by atoms with van der Waals surface area (Å²) in [7, 11) is -1.45. The standard InChI is InChI=1S/C15H15N3O6S/c1-3-23-14(19)12-8-16-15(25(2)22)17-13(12)24-9-10-4-6-11(7-5-10)18(20)21/h4-8H,3,9H2,1-2H3. The Morgan fingerprint density at radius 2 is 2.00 bits per heavy atom. The predicted molar refractivity (Wildman–Crippen MR) is 87.7 cm³/mol. The van der Waals surface area contributed by atoms with Gasteiger partial charge in [-0.2, -0.15) is 4.98 Å². The van der Waals surface area contributed by atoms with E-state index in [0.29, 0.717) is 5.56 Å². The van der Waals surface area contributed by atoms with E-state index >= 15 is 0 Å². The maximum atomic E-state index is 11.9. The molecule has 1 aromatic carbocycles. The van der Waals surface area contributed by atoms with Crippen LogP contribution in [0.2, 0.25) is 0 Å². The van der Waals surface area contributed by atoms with E-state index < -0.39 is 21.7 Å². The number of carbonyl (C=O) groups is 1. The summed E-state index contributed by atoms with van der Waals surface area (Å²) >= 11 is 0. The Labute approximate surface area is 145 Å². The van der Waals surface area contributed by atoms with Crippen molar-refractivity contribution in [2.45, 2.75) is 18.7 Å². The van der Waals surface area contributed by atoms with Crippen LogP contribution < -0.4 is 4.74 Å². The molecule has 0 aliphatic heterocycles. The quantitative estimate of drug-likeness (QED) is 0.315. The minimum absolute atomic E-state index is 0.0111. The number of ether oxygens (including phenoxy) is 2. The second kappa shape index (κ2) is 8.29. The number of esters is 1. The summed E-state index contributed by atoms with van der Waals surface area (Å²) in [5.41, 5.74) is 0.609. The average Bonchev–Trinajstić information content (AvgIpc) is 2.60. The smallest absolute Gasteiger partial charge is 0.345 e. The molecule has 0 fully saturated rings. The zero-order valence-electron chi connectivity index (χ0n) is 13.5. The average molecular weight is 365 g/mol. The van der Waals surface area contributed by atoms with E-state index in [-0.39, 0.29) is 35.5 Å². The van der Waals surface area contributed by atoms with Crippen LogP contribution in [0.4, 0.5) is 5.69 Å². The molecule has 1 aromatic heterocycles. The maximum Gasteiger partial charge on any atom is 0.345 e. The molecule has 0 amide bonds. The number of benzene rings is 1. The number of carbonyl (C=O) groups excluding carboxylic acids is 1. The molecule has 2 rings (SSSR count). The van der Waals surface area contributed by atoms with Gasteiger partial charge in [-0.15, -0.1) is 0 Å². The van der Waals surface area contributed by atoms with E-state index in [0.717, 1.165) is 0 Å². The van der Waals surface area contributed by atoms with Crippen LogP contribution in [0.15, 0.2) is 35.6 Å². The minimum Gasteiger partial charge on any atom is -0.472 e. The molecule has 1 unspecified atom stereocenters. The van der Waals surface area contributed by atoms with Crippen LogP contribution in [0.25, 0.3) is 0 Å². The van der Waals surface area contributed by atoms with Crippen molar-refractivity contribution in [1.82, 2.24) is 9.97 Å². The zero-order valence-corrected chi connectivity index (χ0v) is 14.3. The van der Waals surface area contributed by atoms with Crippen LogP contribution in [0, 0.1) is 10.1 Å². The van der Waals surface area contributed by atoms with Gasteiger partial charge >= 0.3 is 5.97 Å². The maximum absolute atomic E-state index is 11.9. The van der Waals surface area contributed by atoms with Crippen LogP contribution >= 0.6 is 0 Å². The number of nitro groups is 1. The summed E-state index contributed by atoms with van der Waals surface area (Å²) in [6, 6.07) is 5.75. The largest absolute Gasteiger partial charge is 0.472 e. The van der Waals surface area contributed by atoms with Crippen molar-refractivity contribution in [3.8, 4) is 5.88 Å². The first-order valence-corrected chi connectivity index (χ1v) is 8.72. The lowest BCUT2D eigenvalue weighted by Gasteiger charge is -2.10. The van der Waals surface area contributed by atoms with E-state index in [2.05, 4.69) is 9.97 Å². The molecule has 0 aliphatic rings. The zero-order chi connectivity index (χ0) is 18.4. The van der Waals surface area contributed by atoms with Gasteiger partial charge in [0.15, 0.2) is 0 Å². The van der Waals surface area contributed by atoms with Crippen LogP contribution in [0.1, 0.15) is 22.8 Å². The third-order valence-corrected chi connectivity index (χ3v) is 3.72. The van der Waals surface area contributed by atoms with Gasteiger partial charge in [0.25, 0.3) is 5.69 Å². The summed E-state index contributed by atoms with van der Waals surface area (Å²) in [6.07, 6.45) is 2.60. The van der Waals surface area contributed by atoms with Crippen LogP contribution in [0.5, 0.6) is 5.88 Å². The summed E-state index contributed by atoms with van der Waals surface area (Å²) in [5, 5.41) is 10.7. The van der Waals surface area contributed by atoms with Crippen LogP contribution in [-0.4, -0.2) is 37.9 Å². The molecule has 0 N–H and O–H groups in total. The number of hydrogen-bond donors (Lipinski definition) is 0. The first-order chi connectivity index (χ1) is 11.9. The molecule has 2 aromatic rings. The molecule has 9 nitrogen and oxygen atoms in total. The number of nitrogens with zero attached hydrogens (tertiary/aromatic N) is 3. The molecule has 1 heterocycles. The number of nitro benzene ring substituents is 1. The molecule has 0 radical (unpaired) electrons. The van der Waals surface area contributed by atoms with Gasteiger partial charge in [-0.1, -0.05) is 0 Å². The molecule has 0 saturated heterocycles. The highest BCUT2D eigenvalue weighted by Gasteiger charge is 2.18. The number of aromatic nitrogens is 2. The Balaban J connectivity index is 2.23. The SMILES string of the molecule is CCOC(=O)c1cnc(S(C)=O)nc1OCc1ccc([N+](=O)[O-])cc1. The van der Waals surface area contributed by atoms with Gasteiger partial charge in [-0.05, 0) is 24.6 Å². The monoisotopic (exact) mass is 365 g/mol. The molecule has 10 heteroatoms. The molecule has 0 spiro atoms. The third kappa shape index (κ3) is 4.80. The van der Waals surface area contributed by atoms with Gasteiger partial charge in [-0.25, -0.2) is 9.78 Å². The van der Waals surface area contributed by atoms with E-state index in [9.17, 15) is 19.1 Å². The van der Waals surface area contributed by atoms with Crippen molar-refractivity contribution in [1.29, 1.82) is 0 Å². The summed E-state index contributed by atoms with van der Waals surface area (Å²) in [4.78, 5) is 29.9. The van der Waals surface area contributed by atoms with E-state index in [1.165, 1.54) is 36.7 Å². The normalized spacial score (nSPS) is 11.6. The van der Waals surface area contributed by atoms with Crippen molar-refractivity contribution in [3.63, 3.8) is 0 Å². The summed E-state index contributed by atoms with van der Waals surface area (Å²) in [6.45, 7) is 1.84. The molecule has 0 aliphatic carbocycles. The van der Waals surface area contributed by atoms with Crippen molar-refractivity contribution < 1.29 is 23.4 Å². The van der Waals surface area contributed by atoms with Crippen molar-refractivity contribution in [2.24, 2.45) is 0 Å². The fourth-order valence-corrected chi connectivity index (χ4v) is 2.23. The highest BCUT2D eigenvalue weighted by atomic mass is 32.2. The Morgan fingerprint density at radius 1 is 1.32 bits per heavy atom. The molecular weight excluding hydrogens is 350 g/mol. The third-order valence-electron chi connectivity index (χ3n) is 3.01. The number of hydrogen-bond acceptors (Lipinski definition) is 8. The van der Waals surface area contributed by atoms with Gasteiger partial charge in [0.1, 0.15) is 12.2 Å². The van der Waals surface area contributed by atoms with Crippen molar-refractivity contribution in [3.05, 3.63) is 51.7 Å². The number of non-ortho nitro benzene ring substituents is 1. The fraction of sp³-hybridized carbons (Fsp3) is 0.267. The van der Waals surface area contributed by atoms with Gasteiger partial charge in [-0.3, -0.25) is 14.3 Å². The molecule has 132 valence electrons. The molecule has 0 bridgehead atoms. The molecular formula is C15H15N3O6S. The van der Waals surface area contributed by atoms with E-state index in [4.69, 9.17) is 9.47 Å². The van der Waals surface area contributed by atoms with Crippen molar-refractivity contribution in [2.75, 3.05) is 12.9 Å². The first kappa shape index (κ1) is 18.5. The van der Waals surface area contributed by atoms with Crippen LogP contribution in [0.3, 0.4) is 0 Å². The minimum atomic E-state index is -1.45. The number of rotatable bonds is 7. The Hall–Kier alpha value is -2.88. The Kier molecular flexibility index (Phi) is 6.12. The first-order valence-electron chi connectivity index (χ1n) is 7.16. The molecule has 0 saturated carbocycles. The second-order valence-electron chi connectivity index (χ2n) is 4.76. The van der Waals surface area contributed by atoms with E-state index in [1.807, 2.05) is 0 Å². The Bertz CT molecular complexity index is 809. The predicted octanol–water partition coefficient (Wildman–Crippen LogP) is 1.88. The highest BCUT2D eigenvalue weighted by Crippen LogP contribution is 2.19. The van der Waals surface area contributed by atoms with Gasteiger partial charge in [0.05, 0.1) is 28.5 Å². The summed E-state index contributed by atoms with van der Waals surface area (Å²) in [5.74, 6) is -0.716. The second-order valence-corrected chi connectivity index (χ2v) is 6.03. The fourth-order valence-electron chi connectivity index (χ4n) is 1.81. The molecule has 1 atom stereocenters. The molecule has 25 heavy (non-hydrogen) atoms. The van der Waals surface area contributed by atoms with Gasteiger partial charge in [0.2, 0.25) is 11.0 Å².